The lowest BCUT2D eigenvalue weighted by Gasteiger charge is -2.57. The predicted octanol–water partition coefficient (Wildman–Crippen LogP) is 3.42. The summed E-state index contributed by atoms with van der Waals surface area (Å²) in [6.45, 7) is 5.98. The highest BCUT2D eigenvalue weighted by Crippen LogP contribution is 2.64. The van der Waals surface area contributed by atoms with Crippen LogP contribution in [-0.4, -0.2) is 29.1 Å². The van der Waals surface area contributed by atoms with E-state index >= 15 is 0 Å². The minimum Gasteiger partial charge on any atom is -0.459 e. The molecule has 7 atom stereocenters. The van der Waals surface area contributed by atoms with Crippen molar-refractivity contribution >= 4 is 11.8 Å². The SMILES string of the molecule is CC(=O)O[C@@H]1CC[C@@]2(C)C(=CC(=O)[C@H]3[C@@H]4CCC[C@@]4(C)CC[C@@H]32)[C@H]1O. The molecule has 0 saturated heterocycles. The van der Waals surface area contributed by atoms with Gasteiger partial charge in [-0.05, 0) is 72.8 Å². The second kappa shape index (κ2) is 5.67. The first-order valence-electron chi connectivity index (χ1n) is 9.87. The molecule has 3 fully saturated rings. The summed E-state index contributed by atoms with van der Waals surface area (Å²) in [6.07, 6.45) is 7.85. The van der Waals surface area contributed by atoms with Gasteiger partial charge in [-0.2, -0.15) is 0 Å². The van der Waals surface area contributed by atoms with Crippen LogP contribution in [0.4, 0.5) is 0 Å². The van der Waals surface area contributed by atoms with Gasteiger partial charge < -0.3 is 9.84 Å². The van der Waals surface area contributed by atoms with Crippen LogP contribution >= 0.6 is 0 Å². The van der Waals surface area contributed by atoms with Gasteiger partial charge in [-0.15, -0.1) is 0 Å². The highest BCUT2D eigenvalue weighted by Gasteiger charge is 2.60. The minimum absolute atomic E-state index is 0.118. The van der Waals surface area contributed by atoms with Gasteiger partial charge in [0.25, 0.3) is 0 Å². The summed E-state index contributed by atoms with van der Waals surface area (Å²) in [6, 6.07) is 0. The average molecular weight is 346 g/mol. The van der Waals surface area contributed by atoms with E-state index in [2.05, 4.69) is 13.8 Å². The van der Waals surface area contributed by atoms with Gasteiger partial charge in [-0.25, -0.2) is 0 Å². The summed E-state index contributed by atoms with van der Waals surface area (Å²) >= 11 is 0. The molecule has 0 aromatic rings. The van der Waals surface area contributed by atoms with Crippen LogP contribution in [0.25, 0.3) is 0 Å². The summed E-state index contributed by atoms with van der Waals surface area (Å²) in [5.74, 6) is 0.777. The van der Waals surface area contributed by atoms with Gasteiger partial charge in [0, 0.05) is 12.8 Å². The molecule has 4 rings (SSSR count). The monoisotopic (exact) mass is 346 g/mol. The zero-order chi connectivity index (χ0) is 18.0. The van der Waals surface area contributed by atoms with E-state index in [0.29, 0.717) is 23.7 Å². The molecule has 4 heteroatoms. The number of ether oxygens (including phenoxy) is 1. The quantitative estimate of drug-likeness (QED) is 0.739. The van der Waals surface area contributed by atoms with Crippen molar-refractivity contribution < 1.29 is 19.4 Å². The highest BCUT2D eigenvalue weighted by atomic mass is 16.6. The molecule has 25 heavy (non-hydrogen) atoms. The Morgan fingerprint density at radius 3 is 2.64 bits per heavy atom. The van der Waals surface area contributed by atoms with Crippen molar-refractivity contribution in [1.82, 2.24) is 0 Å². The molecule has 0 unspecified atom stereocenters. The molecule has 4 aliphatic carbocycles. The molecular formula is C21H30O4. The van der Waals surface area contributed by atoms with E-state index in [0.717, 1.165) is 18.4 Å². The van der Waals surface area contributed by atoms with Crippen molar-refractivity contribution in [2.45, 2.75) is 77.9 Å². The Morgan fingerprint density at radius 1 is 1.16 bits per heavy atom. The topological polar surface area (TPSA) is 63.6 Å². The normalized spacial score (nSPS) is 48.9. The maximum absolute atomic E-state index is 13.1. The fraction of sp³-hybridized carbons (Fsp3) is 0.810. The van der Waals surface area contributed by atoms with Crippen LogP contribution < -0.4 is 0 Å². The lowest BCUT2D eigenvalue weighted by Crippen LogP contribution is -2.56. The lowest BCUT2D eigenvalue weighted by atomic mass is 9.47. The molecule has 0 radical (unpaired) electrons. The molecule has 4 nitrogen and oxygen atoms in total. The molecule has 1 N–H and O–H groups in total. The molecule has 0 aromatic carbocycles. The zero-order valence-electron chi connectivity index (χ0n) is 15.6. The fourth-order valence-electron chi connectivity index (χ4n) is 6.76. The highest BCUT2D eigenvalue weighted by molar-refractivity contribution is 5.94. The van der Waals surface area contributed by atoms with Crippen LogP contribution in [0.1, 0.15) is 65.7 Å². The van der Waals surface area contributed by atoms with Crippen LogP contribution in [-0.2, 0) is 14.3 Å². The van der Waals surface area contributed by atoms with Gasteiger partial charge in [-0.1, -0.05) is 20.3 Å². The van der Waals surface area contributed by atoms with Crippen LogP contribution in [0.3, 0.4) is 0 Å². The van der Waals surface area contributed by atoms with Crippen molar-refractivity contribution in [2.75, 3.05) is 0 Å². The number of carbonyl (C=O) groups excluding carboxylic acids is 2. The smallest absolute Gasteiger partial charge is 0.303 e. The Bertz CT molecular complexity index is 638. The number of aliphatic hydroxyl groups is 1. The van der Waals surface area contributed by atoms with Crippen molar-refractivity contribution in [3.05, 3.63) is 11.6 Å². The molecule has 3 saturated carbocycles. The Morgan fingerprint density at radius 2 is 1.92 bits per heavy atom. The van der Waals surface area contributed by atoms with E-state index in [-0.39, 0.29) is 23.1 Å². The zero-order valence-corrected chi connectivity index (χ0v) is 15.6. The second-order valence-corrected chi connectivity index (χ2v) is 9.37. The van der Waals surface area contributed by atoms with E-state index < -0.39 is 12.2 Å². The first-order valence-corrected chi connectivity index (χ1v) is 9.87. The lowest BCUT2D eigenvalue weighted by molar-refractivity contribution is -0.157. The number of rotatable bonds is 1. The van der Waals surface area contributed by atoms with Gasteiger partial charge in [0.15, 0.2) is 5.78 Å². The Kier molecular flexibility index (Phi) is 3.91. The summed E-state index contributed by atoms with van der Waals surface area (Å²) in [4.78, 5) is 24.4. The third-order valence-corrected chi connectivity index (χ3v) is 8.09. The molecule has 0 amide bonds. The third-order valence-electron chi connectivity index (χ3n) is 8.09. The van der Waals surface area contributed by atoms with Crippen LogP contribution in [0, 0.1) is 28.6 Å². The van der Waals surface area contributed by atoms with E-state index in [4.69, 9.17) is 4.74 Å². The number of hydrogen-bond acceptors (Lipinski definition) is 4. The fourth-order valence-corrected chi connectivity index (χ4v) is 6.76. The third kappa shape index (κ3) is 2.43. The van der Waals surface area contributed by atoms with Gasteiger partial charge in [0.2, 0.25) is 0 Å². The van der Waals surface area contributed by atoms with Crippen molar-refractivity contribution in [1.29, 1.82) is 0 Å². The van der Waals surface area contributed by atoms with Crippen LogP contribution in [0.15, 0.2) is 11.6 Å². The number of fused-ring (bicyclic) bond motifs is 5. The molecule has 138 valence electrons. The Labute approximate surface area is 150 Å². The first-order chi connectivity index (χ1) is 11.8. The van der Waals surface area contributed by atoms with E-state index in [1.807, 2.05) is 0 Å². The molecule has 0 bridgehead atoms. The number of aliphatic hydroxyl groups excluding tert-OH is 1. The van der Waals surface area contributed by atoms with E-state index in [1.165, 1.54) is 32.6 Å². The van der Waals surface area contributed by atoms with Gasteiger partial charge in [0.05, 0.1) is 0 Å². The predicted molar refractivity (Wildman–Crippen MR) is 93.7 cm³/mol. The van der Waals surface area contributed by atoms with Crippen molar-refractivity contribution in [2.24, 2.45) is 28.6 Å². The number of esters is 1. The number of carbonyl (C=O) groups is 2. The van der Waals surface area contributed by atoms with Crippen molar-refractivity contribution in [3.63, 3.8) is 0 Å². The maximum Gasteiger partial charge on any atom is 0.303 e. The van der Waals surface area contributed by atoms with E-state index in [1.54, 1.807) is 6.08 Å². The summed E-state index contributed by atoms with van der Waals surface area (Å²) in [7, 11) is 0. The molecule has 4 aliphatic rings. The minimum atomic E-state index is -0.843. The number of allylic oxidation sites excluding steroid dienone is 1. The number of hydrogen-bond donors (Lipinski definition) is 1. The van der Waals surface area contributed by atoms with Crippen LogP contribution in [0.2, 0.25) is 0 Å². The largest absolute Gasteiger partial charge is 0.459 e. The van der Waals surface area contributed by atoms with E-state index in [9.17, 15) is 14.7 Å². The first kappa shape index (κ1) is 17.3. The second-order valence-electron chi connectivity index (χ2n) is 9.37. The van der Waals surface area contributed by atoms with Gasteiger partial charge in [0.1, 0.15) is 12.2 Å². The molecule has 0 aliphatic heterocycles. The summed E-state index contributed by atoms with van der Waals surface area (Å²) in [5, 5.41) is 10.8. The maximum atomic E-state index is 13.1. The average Bonchev–Trinajstić information content (AvgIpc) is 2.94. The molecular weight excluding hydrogens is 316 g/mol. The Balaban J connectivity index is 1.70. The molecule has 0 spiro atoms. The molecule has 0 heterocycles. The summed E-state index contributed by atoms with van der Waals surface area (Å²) < 4.78 is 5.31. The van der Waals surface area contributed by atoms with Crippen LogP contribution in [0.5, 0.6) is 0 Å². The Hall–Kier alpha value is -1.16. The van der Waals surface area contributed by atoms with Gasteiger partial charge >= 0.3 is 5.97 Å². The standard InChI is InChI=1S/C21H30O4/c1-12(22)25-17-7-10-21(3)14-6-9-20(2)8-4-5-13(20)18(14)16(23)11-15(21)19(17)24/h11,13-14,17-19,24H,4-10H2,1-3H3/t13-,14-,17+,18-,19+,20-,21+/m0/s1. The summed E-state index contributed by atoms with van der Waals surface area (Å²) in [5.41, 5.74) is 1.00. The van der Waals surface area contributed by atoms with Gasteiger partial charge in [-0.3, -0.25) is 9.59 Å². The molecule has 0 aromatic heterocycles. The number of ketones is 1. The van der Waals surface area contributed by atoms with Crippen molar-refractivity contribution in [3.8, 4) is 0 Å².